The van der Waals surface area contributed by atoms with Crippen LogP contribution in [0.25, 0.3) is 0 Å². The van der Waals surface area contributed by atoms with Gasteiger partial charge in [-0.05, 0) is 43.2 Å². The highest BCUT2D eigenvalue weighted by atomic mass is 32.2. The molecule has 1 saturated heterocycles. The lowest BCUT2D eigenvalue weighted by molar-refractivity contribution is -0.120. The Balaban J connectivity index is 1.42. The van der Waals surface area contributed by atoms with Crippen molar-refractivity contribution in [1.82, 2.24) is 4.31 Å². The molecular weight excluding hydrogens is 450 g/mol. The van der Waals surface area contributed by atoms with E-state index in [0.717, 1.165) is 0 Å². The van der Waals surface area contributed by atoms with Gasteiger partial charge in [0.1, 0.15) is 19.0 Å². The van der Waals surface area contributed by atoms with Gasteiger partial charge in [-0.1, -0.05) is 0 Å². The molecule has 0 bridgehead atoms. The molecule has 2 aliphatic rings. The Morgan fingerprint density at radius 1 is 1.06 bits per heavy atom. The molecule has 2 aliphatic heterocycles. The quantitative estimate of drug-likeness (QED) is 0.647. The number of fused-ring (bicyclic) bond motifs is 1. The fraction of sp³-hybridized carbons (Fsp3) is 0.364. The van der Waals surface area contributed by atoms with E-state index in [1.54, 1.807) is 12.1 Å². The lowest BCUT2D eigenvalue weighted by Crippen LogP contribution is -2.41. The van der Waals surface area contributed by atoms with Crippen LogP contribution in [0.3, 0.4) is 0 Å². The number of primary amides is 1. The van der Waals surface area contributed by atoms with Crippen LogP contribution in [0.5, 0.6) is 17.2 Å². The molecule has 4 rings (SSSR count). The number of methoxy groups -OCH3 is 1. The summed E-state index contributed by atoms with van der Waals surface area (Å²) in [6.45, 7) is 1.19. The molecule has 3 N–H and O–H groups in total. The number of hydrogen-bond acceptors (Lipinski definition) is 7. The molecule has 0 spiro atoms. The van der Waals surface area contributed by atoms with Gasteiger partial charge in [0.15, 0.2) is 11.5 Å². The number of nitrogens with zero attached hydrogens (tertiary/aromatic N) is 1. The summed E-state index contributed by atoms with van der Waals surface area (Å²) in [5.41, 5.74) is 5.90. The van der Waals surface area contributed by atoms with E-state index in [1.165, 1.54) is 35.7 Å². The molecule has 0 saturated carbocycles. The maximum absolute atomic E-state index is 13.1. The van der Waals surface area contributed by atoms with Crippen LogP contribution in [0.1, 0.15) is 23.2 Å². The Hall–Kier alpha value is -3.31. The summed E-state index contributed by atoms with van der Waals surface area (Å²) in [7, 11) is -2.28. The Bertz CT molecular complexity index is 1170. The van der Waals surface area contributed by atoms with Gasteiger partial charge in [0, 0.05) is 30.6 Å². The van der Waals surface area contributed by atoms with Gasteiger partial charge in [0.05, 0.1) is 17.7 Å². The number of carbonyl (C=O) groups is 2. The Morgan fingerprint density at radius 3 is 2.42 bits per heavy atom. The number of nitrogens with one attached hydrogen (secondary N) is 1. The van der Waals surface area contributed by atoms with Crippen LogP contribution in [0.4, 0.5) is 5.69 Å². The summed E-state index contributed by atoms with van der Waals surface area (Å²) in [5.74, 6) is 0.0397. The fourth-order valence-electron chi connectivity index (χ4n) is 3.89. The van der Waals surface area contributed by atoms with Crippen LogP contribution in [0.2, 0.25) is 0 Å². The second-order valence-corrected chi connectivity index (χ2v) is 9.69. The second-order valence-electron chi connectivity index (χ2n) is 7.75. The van der Waals surface area contributed by atoms with Gasteiger partial charge in [-0.3, -0.25) is 9.59 Å². The van der Waals surface area contributed by atoms with Crippen molar-refractivity contribution < 1.29 is 32.2 Å². The zero-order valence-electron chi connectivity index (χ0n) is 18.1. The van der Waals surface area contributed by atoms with E-state index >= 15 is 0 Å². The first kappa shape index (κ1) is 22.9. The van der Waals surface area contributed by atoms with Crippen molar-refractivity contribution in [1.29, 1.82) is 0 Å². The van der Waals surface area contributed by atoms with Gasteiger partial charge in [0.2, 0.25) is 21.8 Å². The molecule has 0 radical (unpaired) electrons. The zero-order valence-corrected chi connectivity index (χ0v) is 18.9. The van der Waals surface area contributed by atoms with Gasteiger partial charge in [0.25, 0.3) is 0 Å². The van der Waals surface area contributed by atoms with Gasteiger partial charge < -0.3 is 25.3 Å². The molecule has 1 fully saturated rings. The molecule has 0 unspecified atom stereocenters. The average Bonchev–Trinajstić information content (AvgIpc) is 2.83. The van der Waals surface area contributed by atoms with Crippen LogP contribution in [0.15, 0.2) is 41.3 Å². The van der Waals surface area contributed by atoms with Crippen LogP contribution in [0, 0.1) is 5.92 Å². The summed E-state index contributed by atoms with van der Waals surface area (Å²) >= 11 is 0. The normalized spacial score (nSPS) is 16.8. The highest BCUT2D eigenvalue weighted by molar-refractivity contribution is 7.89. The average molecular weight is 476 g/mol. The summed E-state index contributed by atoms with van der Waals surface area (Å²) < 4.78 is 43.7. The van der Waals surface area contributed by atoms with Crippen LogP contribution in [-0.4, -0.2) is 58.0 Å². The molecule has 0 aromatic heterocycles. The number of rotatable bonds is 6. The Labute approximate surface area is 191 Å². The van der Waals surface area contributed by atoms with E-state index in [1.807, 2.05) is 0 Å². The van der Waals surface area contributed by atoms with E-state index in [4.69, 9.17) is 19.9 Å². The van der Waals surface area contributed by atoms with Gasteiger partial charge in [-0.2, -0.15) is 4.31 Å². The summed E-state index contributed by atoms with van der Waals surface area (Å²) in [6, 6.07) is 9.09. The number of hydrogen-bond donors (Lipinski definition) is 2. The molecule has 0 atom stereocenters. The third-order valence-corrected chi connectivity index (χ3v) is 7.61. The molecule has 2 heterocycles. The number of nitrogens with two attached hydrogens (primary N) is 1. The predicted molar refractivity (Wildman–Crippen MR) is 119 cm³/mol. The topological polar surface area (TPSA) is 137 Å². The third-order valence-electron chi connectivity index (χ3n) is 5.72. The van der Waals surface area contributed by atoms with Crippen molar-refractivity contribution in [3.63, 3.8) is 0 Å². The van der Waals surface area contributed by atoms with E-state index in [-0.39, 0.29) is 29.5 Å². The minimum Gasteiger partial charge on any atom is -0.495 e. The number of amides is 2. The lowest BCUT2D eigenvalue weighted by atomic mass is 9.97. The Morgan fingerprint density at radius 2 is 1.76 bits per heavy atom. The lowest BCUT2D eigenvalue weighted by Gasteiger charge is -2.31. The number of anilines is 1. The molecule has 0 aliphatic carbocycles. The van der Waals surface area contributed by atoms with Gasteiger partial charge in [-0.15, -0.1) is 0 Å². The summed E-state index contributed by atoms with van der Waals surface area (Å²) in [6.07, 6.45) is 0.709. The van der Waals surface area contributed by atoms with Crippen molar-refractivity contribution >= 4 is 27.5 Å². The monoisotopic (exact) mass is 475 g/mol. The van der Waals surface area contributed by atoms with Crippen LogP contribution >= 0.6 is 0 Å². The SMILES string of the molecule is COc1ccc(C(N)=O)cc1NC(=O)C1CCN(S(=O)(=O)c2ccc3c(c2)OCCO3)CC1. The summed E-state index contributed by atoms with van der Waals surface area (Å²) in [5, 5.41) is 2.78. The van der Waals surface area contributed by atoms with Gasteiger partial charge >= 0.3 is 0 Å². The molecule has 33 heavy (non-hydrogen) atoms. The molecule has 176 valence electrons. The van der Waals surface area contributed by atoms with Crippen molar-refractivity contribution in [2.24, 2.45) is 11.7 Å². The molecule has 2 amide bonds. The number of benzene rings is 2. The number of carbonyl (C=O) groups excluding carboxylic acids is 2. The minimum atomic E-state index is -3.73. The largest absolute Gasteiger partial charge is 0.495 e. The van der Waals surface area contributed by atoms with Crippen molar-refractivity contribution in [2.45, 2.75) is 17.7 Å². The van der Waals surface area contributed by atoms with Gasteiger partial charge in [-0.25, -0.2) is 8.42 Å². The predicted octanol–water partition coefficient (Wildman–Crippen LogP) is 1.60. The number of sulfonamides is 1. The number of piperidine rings is 1. The first-order chi connectivity index (χ1) is 15.8. The van der Waals surface area contributed by atoms with E-state index in [2.05, 4.69) is 5.32 Å². The molecule has 2 aromatic carbocycles. The first-order valence-corrected chi connectivity index (χ1v) is 11.9. The highest BCUT2D eigenvalue weighted by Gasteiger charge is 2.33. The first-order valence-electron chi connectivity index (χ1n) is 10.5. The molecule has 2 aromatic rings. The van der Waals surface area contributed by atoms with Crippen molar-refractivity contribution in [2.75, 3.05) is 38.7 Å². The second kappa shape index (κ2) is 9.28. The minimum absolute atomic E-state index is 0.127. The fourth-order valence-corrected chi connectivity index (χ4v) is 5.37. The standard InChI is InChI=1S/C22H25N3O7S/c1-30-18-4-2-15(21(23)26)12-17(18)24-22(27)14-6-8-25(9-7-14)33(28,29)16-3-5-19-20(13-16)32-11-10-31-19/h2-5,12-14H,6-11H2,1H3,(H2,23,26)(H,24,27). The van der Waals surface area contributed by atoms with E-state index in [9.17, 15) is 18.0 Å². The van der Waals surface area contributed by atoms with Crippen LogP contribution < -0.4 is 25.3 Å². The smallest absolute Gasteiger partial charge is 0.248 e. The molecule has 10 nitrogen and oxygen atoms in total. The highest BCUT2D eigenvalue weighted by Crippen LogP contribution is 2.34. The van der Waals surface area contributed by atoms with E-state index in [0.29, 0.717) is 49.0 Å². The molecule has 11 heteroatoms. The maximum atomic E-state index is 13.1. The summed E-state index contributed by atoms with van der Waals surface area (Å²) in [4.78, 5) is 24.4. The third kappa shape index (κ3) is 4.74. The number of ether oxygens (including phenoxy) is 3. The molecular formula is C22H25N3O7S. The zero-order chi connectivity index (χ0) is 23.6. The van der Waals surface area contributed by atoms with Crippen molar-refractivity contribution in [3.05, 3.63) is 42.0 Å². The maximum Gasteiger partial charge on any atom is 0.248 e. The van der Waals surface area contributed by atoms with Crippen LogP contribution in [-0.2, 0) is 14.8 Å². The Kier molecular flexibility index (Phi) is 6.43. The van der Waals surface area contributed by atoms with Crippen molar-refractivity contribution in [3.8, 4) is 17.2 Å². The van der Waals surface area contributed by atoms with E-state index < -0.39 is 21.8 Å².